The molecule has 2 N–H and O–H groups in total. The van der Waals surface area contributed by atoms with Crippen molar-refractivity contribution in [2.24, 2.45) is 0 Å². The smallest absolute Gasteiger partial charge is 0.353 e. The van der Waals surface area contributed by atoms with Crippen LogP contribution in [0.3, 0.4) is 0 Å². The van der Waals surface area contributed by atoms with Crippen LogP contribution < -0.4 is 10.6 Å². The van der Waals surface area contributed by atoms with Crippen molar-refractivity contribution in [2.75, 3.05) is 32.7 Å². The van der Waals surface area contributed by atoms with Crippen LogP contribution in [0.4, 0.5) is 13.2 Å². The molecule has 1 unspecified atom stereocenters. The fraction of sp³-hybridized carbons (Fsp3) is 0.714. The van der Waals surface area contributed by atoms with E-state index in [0.717, 1.165) is 0 Å². The number of nitrogens with one attached hydrogen (secondary N) is 2. The highest BCUT2D eigenvalue weighted by Crippen LogP contribution is 2.25. The van der Waals surface area contributed by atoms with Crippen LogP contribution in [0.1, 0.15) is 11.4 Å². The van der Waals surface area contributed by atoms with Crippen molar-refractivity contribution in [3.05, 3.63) is 16.4 Å². The Kier molecular flexibility index (Phi) is 7.98. The second-order valence-corrected chi connectivity index (χ2v) is 6.17. The quantitative estimate of drug-likeness (QED) is 0.782. The predicted octanol–water partition coefficient (Wildman–Crippen LogP) is 1.53. The third-order valence-electron chi connectivity index (χ3n) is 4.05. The van der Waals surface area contributed by atoms with Crippen LogP contribution >= 0.6 is 24.0 Å². The van der Waals surface area contributed by atoms with E-state index in [1.54, 1.807) is 13.8 Å². The van der Waals surface area contributed by atoms with E-state index in [1.165, 1.54) is 9.58 Å². The first-order chi connectivity index (χ1) is 11.2. The average molecular weight is 404 g/mol. The molecule has 0 aliphatic carbocycles. The van der Waals surface area contributed by atoms with Crippen molar-refractivity contribution in [3.63, 3.8) is 0 Å². The van der Waals surface area contributed by atoms with Gasteiger partial charge < -0.3 is 10.6 Å². The summed E-state index contributed by atoms with van der Waals surface area (Å²) in [6.07, 6.45) is -4.40. The Morgan fingerprint density at radius 1 is 1.36 bits per heavy atom. The lowest BCUT2D eigenvalue weighted by Gasteiger charge is -2.35. The van der Waals surface area contributed by atoms with Crippen LogP contribution in [0.15, 0.2) is 0 Å². The SMILES string of the molecule is Cc1nn(CC(=O)NCC(N2CCNCC2)C(F)(F)F)c(C)c1Cl.Cl. The van der Waals surface area contributed by atoms with E-state index in [2.05, 4.69) is 15.7 Å². The fourth-order valence-electron chi connectivity index (χ4n) is 2.68. The second kappa shape index (κ2) is 9.07. The van der Waals surface area contributed by atoms with Crippen LogP contribution in [0, 0.1) is 13.8 Å². The number of amides is 1. The largest absolute Gasteiger partial charge is 0.405 e. The van der Waals surface area contributed by atoms with Gasteiger partial charge in [-0.3, -0.25) is 14.4 Å². The van der Waals surface area contributed by atoms with Gasteiger partial charge in [-0.2, -0.15) is 18.3 Å². The molecule has 144 valence electrons. The Hall–Kier alpha value is -1.03. The number of nitrogens with zero attached hydrogens (tertiary/aromatic N) is 3. The van der Waals surface area contributed by atoms with Gasteiger partial charge in [0.2, 0.25) is 5.91 Å². The highest BCUT2D eigenvalue weighted by molar-refractivity contribution is 6.31. The van der Waals surface area contributed by atoms with Gasteiger partial charge in [-0.15, -0.1) is 12.4 Å². The number of alkyl halides is 3. The van der Waals surface area contributed by atoms with Crippen LogP contribution in [-0.4, -0.2) is 65.5 Å². The number of rotatable bonds is 5. The monoisotopic (exact) mass is 403 g/mol. The lowest BCUT2D eigenvalue weighted by molar-refractivity contribution is -0.184. The molecule has 1 fully saturated rings. The van der Waals surface area contributed by atoms with Gasteiger partial charge in [0, 0.05) is 32.7 Å². The molecule has 1 saturated heterocycles. The molecule has 0 bridgehead atoms. The first kappa shape index (κ1) is 22.0. The van der Waals surface area contributed by atoms with Gasteiger partial charge in [0.15, 0.2) is 0 Å². The van der Waals surface area contributed by atoms with Crippen molar-refractivity contribution < 1.29 is 18.0 Å². The van der Waals surface area contributed by atoms with E-state index in [0.29, 0.717) is 42.6 Å². The van der Waals surface area contributed by atoms with Crippen molar-refractivity contribution in [3.8, 4) is 0 Å². The molecule has 0 spiro atoms. The summed E-state index contributed by atoms with van der Waals surface area (Å²) in [6, 6.07) is -1.69. The van der Waals surface area contributed by atoms with Gasteiger partial charge in [-0.05, 0) is 13.8 Å². The summed E-state index contributed by atoms with van der Waals surface area (Å²) in [4.78, 5) is 13.3. The first-order valence-corrected chi connectivity index (χ1v) is 8.05. The highest BCUT2D eigenvalue weighted by Gasteiger charge is 2.43. The van der Waals surface area contributed by atoms with Crippen LogP contribution in [-0.2, 0) is 11.3 Å². The Labute approximate surface area is 155 Å². The normalized spacial score (nSPS) is 17.0. The topological polar surface area (TPSA) is 62.2 Å². The van der Waals surface area contributed by atoms with E-state index in [1.807, 2.05) is 0 Å². The first-order valence-electron chi connectivity index (χ1n) is 7.68. The van der Waals surface area contributed by atoms with Gasteiger partial charge in [0.25, 0.3) is 0 Å². The number of hydrogen-bond donors (Lipinski definition) is 2. The maximum Gasteiger partial charge on any atom is 0.405 e. The fourth-order valence-corrected chi connectivity index (χ4v) is 2.81. The molecule has 1 amide bonds. The standard InChI is InChI=1S/C14H21ClF3N5O.ClH/c1-9-13(15)10(2)23(21-9)8-12(24)20-7-11(14(16,17)18)22-5-3-19-4-6-22;/h11,19H,3-8H2,1-2H3,(H,20,24);1H. The van der Waals surface area contributed by atoms with E-state index in [-0.39, 0.29) is 19.0 Å². The molecule has 0 saturated carbocycles. The van der Waals surface area contributed by atoms with Gasteiger partial charge >= 0.3 is 6.18 Å². The number of aromatic nitrogens is 2. The zero-order chi connectivity index (χ0) is 17.9. The second-order valence-electron chi connectivity index (χ2n) is 5.79. The van der Waals surface area contributed by atoms with Crippen molar-refractivity contribution in [1.29, 1.82) is 0 Å². The zero-order valence-corrected chi connectivity index (χ0v) is 15.6. The number of carbonyl (C=O) groups is 1. The van der Waals surface area contributed by atoms with Gasteiger partial charge in [0.1, 0.15) is 12.6 Å². The summed E-state index contributed by atoms with van der Waals surface area (Å²) in [5.41, 5.74) is 1.19. The average Bonchev–Trinajstić information content (AvgIpc) is 2.74. The van der Waals surface area contributed by atoms with Gasteiger partial charge in [-0.25, -0.2) is 0 Å². The maximum atomic E-state index is 13.3. The molecular weight excluding hydrogens is 382 g/mol. The van der Waals surface area contributed by atoms with E-state index < -0.39 is 24.7 Å². The van der Waals surface area contributed by atoms with Crippen molar-refractivity contribution in [2.45, 2.75) is 32.6 Å². The number of hydrogen-bond acceptors (Lipinski definition) is 4. The Balaban J connectivity index is 0.00000312. The molecular formula is C14H22Cl2F3N5O. The minimum atomic E-state index is -4.40. The third-order valence-corrected chi connectivity index (χ3v) is 4.60. The molecule has 1 aliphatic heterocycles. The molecule has 2 heterocycles. The molecule has 2 rings (SSSR count). The summed E-state index contributed by atoms with van der Waals surface area (Å²) < 4.78 is 41.2. The maximum absolute atomic E-state index is 13.3. The summed E-state index contributed by atoms with van der Waals surface area (Å²) >= 11 is 5.99. The Morgan fingerprint density at radius 2 is 1.96 bits per heavy atom. The van der Waals surface area contributed by atoms with Crippen LogP contribution in [0.2, 0.25) is 5.02 Å². The predicted molar refractivity (Wildman–Crippen MR) is 91.3 cm³/mol. The summed E-state index contributed by atoms with van der Waals surface area (Å²) in [5, 5.41) is 9.93. The number of halogens is 5. The van der Waals surface area contributed by atoms with Gasteiger partial charge in [0.05, 0.1) is 16.4 Å². The lowest BCUT2D eigenvalue weighted by Crippen LogP contribution is -2.57. The summed E-state index contributed by atoms with van der Waals surface area (Å²) in [7, 11) is 0. The molecule has 0 aromatic carbocycles. The summed E-state index contributed by atoms with van der Waals surface area (Å²) in [6.45, 7) is 4.37. The van der Waals surface area contributed by atoms with E-state index >= 15 is 0 Å². The number of aryl methyl sites for hydroxylation is 1. The molecule has 1 atom stereocenters. The van der Waals surface area contributed by atoms with Crippen LogP contribution in [0.25, 0.3) is 0 Å². The lowest BCUT2D eigenvalue weighted by atomic mass is 10.2. The molecule has 1 aliphatic rings. The van der Waals surface area contributed by atoms with E-state index in [9.17, 15) is 18.0 Å². The molecule has 1 aromatic rings. The molecule has 0 radical (unpaired) electrons. The Morgan fingerprint density at radius 3 is 2.44 bits per heavy atom. The summed E-state index contributed by atoms with van der Waals surface area (Å²) in [5.74, 6) is -0.526. The van der Waals surface area contributed by atoms with E-state index in [4.69, 9.17) is 11.6 Å². The third kappa shape index (κ3) is 5.73. The zero-order valence-electron chi connectivity index (χ0n) is 14.0. The molecule has 1 aromatic heterocycles. The highest BCUT2D eigenvalue weighted by atomic mass is 35.5. The number of piperazine rings is 1. The molecule has 6 nitrogen and oxygen atoms in total. The van der Waals surface area contributed by atoms with Gasteiger partial charge in [-0.1, -0.05) is 11.6 Å². The minimum Gasteiger partial charge on any atom is -0.353 e. The van der Waals surface area contributed by atoms with Crippen molar-refractivity contribution in [1.82, 2.24) is 25.3 Å². The number of carbonyl (C=O) groups excluding carboxylic acids is 1. The molecule has 11 heteroatoms. The molecule has 25 heavy (non-hydrogen) atoms. The Bertz CT molecular complexity index is 588. The van der Waals surface area contributed by atoms with Crippen LogP contribution in [0.5, 0.6) is 0 Å². The van der Waals surface area contributed by atoms with Crippen molar-refractivity contribution >= 4 is 29.9 Å². The minimum absolute atomic E-state index is 0.